The summed E-state index contributed by atoms with van der Waals surface area (Å²) in [5, 5.41) is 8.02. The largest absolute Gasteiger partial charge is 0.469 e. The van der Waals surface area contributed by atoms with Gasteiger partial charge in [-0.1, -0.05) is 25.0 Å². The molecule has 2 aromatic rings. The molecule has 0 aliphatic rings. The van der Waals surface area contributed by atoms with Crippen molar-refractivity contribution in [3.8, 4) is 0 Å². The molecule has 0 radical (unpaired) electrons. The molecule has 0 aliphatic carbocycles. The van der Waals surface area contributed by atoms with Crippen LogP contribution in [0.2, 0.25) is 0 Å². The average Bonchev–Trinajstić information content (AvgIpc) is 3.08. The van der Waals surface area contributed by atoms with Gasteiger partial charge in [-0.2, -0.15) is 0 Å². The number of nitrogens with one attached hydrogen (secondary N) is 3. The highest BCUT2D eigenvalue weighted by atomic mass is 16.5. The Kier molecular flexibility index (Phi) is 9.39. The molecule has 0 aliphatic heterocycles. The van der Waals surface area contributed by atoms with Gasteiger partial charge in [0, 0.05) is 43.2 Å². The number of guanidine groups is 1. The van der Waals surface area contributed by atoms with E-state index in [0.29, 0.717) is 6.42 Å². The van der Waals surface area contributed by atoms with E-state index in [2.05, 4.69) is 63.6 Å². The quantitative estimate of drug-likeness (QED) is 0.238. The lowest BCUT2D eigenvalue weighted by Crippen LogP contribution is -2.38. The lowest BCUT2D eigenvalue weighted by atomic mass is 10.1. The number of rotatable bonds is 11. The Balaban J connectivity index is 1.71. The zero-order valence-corrected chi connectivity index (χ0v) is 17.4. The highest BCUT2D eigenvalue weighted by Gasteiger charge is 2.04. The Hall–Kier alpha value is -2.50. The van der Waals surface area contributed by atoms with E-state index >= 15 is 0 Å². The smallest absolute Gasteiger partial charge is 0.305 e. The topological polar surface area (TPSA) is 78.5 Å². The second-order valence-electron chi connectivity index (χ2n) is 7.04. The van der Waals surface area contributed by atoms with Gasteiger partial charge in [-0.3, -0.25) is 9.79 Å². The van der Waals surface area contributed by atoms with Crippen LogP contribution >= 0.6 is 0 Å². The van der Waals surface area contributed by atoms with E-state index in [9.17, 15) is 4.79 Å². The van der Waals surface area contributed by atoms with E-state index < -0.39 is 0 Å². The third kappa shape index (κ3) is 7.25. The molecule has 1 aromatic carbocycles. The summed E-state index contributed by atoms with van der Waals surface area (Å²) in [7, 11) is 1.44. The van der Waals surface area contributed by atoms with Gasteiger partial charge in [-0.05, 0) is 50.3 Å². The number of nitrogens with zero attached hydrogens (tertiary/aromatic N) is 1. The average molecular weight is 387 g/mol. The van der Waals surface area contributed by atoms with Crippen LogP contribution in [-0.4, -0.2) is 43.7 Å². The van der Waals surface area contributed by atoms with Gasteiger partial charge in [0.2, 0.25) is 0 Å². The fourth-order valence-electron chi connectivity index (χ4n) is 3.19. The number of carbonyl (C=O) groups is 1. The van der Waals surface area contributed by atoms with Gasteiger partial charge in [-0.25, -0.2) is 0 Å². The molecule has 3 N–H and O–H groups in total. The fraction of sp³-hybridized carbons (Fsp3) is 0.545. The Morgan fingerprint density at radius 3 is 2.79 bits per heavy atom. The van der Waals surface area contributed by atoms with E-state index in [1.807, 2.05) is 0 Å². The van der Waals surface area contributed by atoms with E-state index in [1.165, 1.54) is 29.1 Å². The molecule has 1 aromatic heterocycles. The molecular weight excluding hydrogens is 352 g/mol. The second kappa shape index (κ2) is 12.1. The number of aromatic nitrogens is 1. The minimum Gasteiger partial charge on any atom is -0.469 e. The van der Waals surface area contributed by atoms with E-state index in [1.54, 1.807) is 0 Å². The molecule has 0 saturated heterocycles. The molecule has 0 spiro atoms. The van der Waals surface area contributed by atoms with E-state index in [4.69, 9.17) is 0 Å². The summed E-state index contributed by atoms with van der Waals surface area (Å²) in [6, 6.07) is 6.53. The fourth-order valence-corrected chi connectivity index (χ4v) is 3.19. The van der Waals surface area contributed by atoms with Gasteiger partial charge in [0.15, 0.2) is 5.96 Å². The minimum absolute atomic E-state index is 0.123. The highest BCUT2D eigenvalue weighted by Crippen LogP contribution is 2.19. The third-order valence-electron chi connectivity index (χ3n) is 4.74. The van der Waals surface area contributed by atoms with Crippen molar-refractivity contribution in [2.24, 2.45) is 4.99 Å². The van der Waals surface area contributed by atoms with Crippen LogP contribution < -0.4 is 10.6 Å². The zero-order valence-electron chi connectivity index (χ0n) is 17.4. The summed E-state index contributed by atoms with van der Waals surface area (Å²) in [5.74, 6) is 0.745. The Labute approximate surface area is 168 Å². The van der Waals surface area contributed by atoms with Crippen LogP contribution in [0.4, 0.5) is 0 Å². The van der Waals surface area contributed by atoms with Gasteiger partial charge >= 0.3 is 5.97 Å². The molecule has 28 heavy (non-hydrogen) atoms. The van der Waals surface area contributed by atoms with Crippen LogP contribution in [0.3, 0.4) is 0 Å². The summed E-state index contributed by atoms with van der Waals surface area (Å²) in [5.41, 5.74) is 3.79. The first-order valence-electron chi connectivity index (χ1n) is 10.3. The molecule has 2 rings (SSSR count). The van der Waals surface area contributed by atoms with Crippen molar-refractivity contribution in [2.45, 2.75) is 52.4 Å². The standard InChI is InChI=1S/C22H34N4O2/c1-4-23-22(24-13-8-6-5-7-9-21(27)28-3)25-14-12-18-16-26-20-15-17(2)10-11-19(18)20/h10-11,15-16,26H,4-9,12-14H2,1-3H3,(H2,23,24,25). The van der Waals surface area contributed by atoms with Crippen LogP contribution in [0.1, 0.15) is 50.2 Å². The van der Waals surface area contributed by atoms with Crippen molar-refractivity contribution in [2.75, 3.05) is 26.7 Å². The van der Waals surface area contributed by atoms with Gasteiger partial charge in [0.1, 0.15) is 0 Å². The zero-order chi connectivity index (χ0) is 20.2. The molecule has 0 atom stereocenters. The van der Waals surface area contributed by atoms with E-state index in [-0.39, 0.29) is 5.97 Å². The number of fused-ring (bicyclic) bond motifs is 1. The van der Waals surface area contributed by atoms with Crippen LogP contribution in [-0.2, 0) is 16.0 Å². The molecule has 0 saturated carbocycles. The first kappa shape index (κ1) is 21.8. The summed E-state index contributed by atoms with van der Waals surface area (Å²) in [4.78, 5) is 19.1. The molecule has 0 unspecified atom stereocenters. The van der Waals surface area contributed by atoms with Crippen molar-refractivity contribution < 1.29 is 9.53 Å². The van der Waals surface area contributed by atoms with Gasteiger partial charge in [0.25, 0.3) is 0 Å². The SMILES string of the molecule is CCNC(=NCCCCCCC(=O)OC)NCCc1c[nH]c2cc(C)ccc12. The molecular formula is C22H34N4O2. The number of benzene rings is 1. The van der Waals surface area contributed by atoms with Crippen molar-refractivity contribution in [3.63, 3.8) is 0 Å². The maximum Gasteiger partial charge on any atom is 0.305 e. The molecule has 0 amide bonds. The highest BCUT2D eigenvalue weighted by molar-refractivity contribution is 5.84. The number of H-pyrrole nitrogens is 1. The summed E-state index contributed by atoms with van der Waals surface area (Å²) < 4.78 is 4.65. The van der Waals surface area contributed by atoms with Crippen molar-refractivity contribution in [1.29, 1.82) is 0 Å². The first-order valence-corrected chi connectivity index (χ1v) is 10.3. The number of aryl methyl sites for hydroxylation is 1. The number of hydrogen-bond acceptors (Lipinski definition) is 3. The van der Waals surface area contributed by atoms with Crippen LogP contribution in [0.15, 0.2) is 29.4 Å². The van der Waals surface area contributed by atoms with Crippen LogP contribution in [0.5, 0.6) is 0 Å². The predicted molar refractivity (Wildman–Crippen MR) is 116 cm³/mol. The normalized spacial score (nSPS) is 11.6. The lowest BCUT2D eigenvalue weighted by molar-refractivity contribution is -0.140. The minimum atomic E-state index is -0.123. The number of methoxy groups -OCH3 is 1. The number of carbonyl (C=O) groups excluding carboxylic acids is 1. The Morgan fingerprint density at radius 1 is 1.18 bits per heavy atom. The van der Waals surface area contributed by atoms with Gasteiger partial charge < -0.3 is 20.4 Å². The van der Waals surface area contributed by atoms with Gasteiger partial charge in [0.05, 0.1) is 7.11 Å². The van der Waals surface area contributed by atoms with Crippen molar-refractivity contribution >= 4 is 22.8 Å². The number of unbranched alkanes of at least 4 members (excludes halogenated alkanes) is 3. The summed E-state index contributed by atoms with van der Waals surface area (Å²) >= 11 is 0. The van der Waals surface area contributed by atoms with Crippen molar-refractivity contribution in [3.05, 3.63) is 35.5 Å². The lowest BCUT2D eigenvalue weighted by Gasteiger charge is -2.11. The summed E-state index contributed by atoms with van der Waals surface area (Å²) in [6.07, 6.45) is 7.59. The Morgan fingerprint density at radius 2 is 2.00 bits per heavy atom. The third-order valence-corrected chi connectivity index (χ3v) is 4.74. The number of ether oxygens (including phenoxy) is 1. The molecule has 0 fully saturated rings. The molecule has 0 bridgehead atoms. The van der Waals surface area contributed by atoms with E-state index in [0.717, 1.165) is 57.7 Å². The molecule has 6 heteroatoms. The number of aromatic amines is 1. The van der Waals surface area contributed by atoms with Crippen LogP contribution in [0.25, 0.3) is 10.9 Å². The number of aliphatic imine (C=N–C) groups is 1. The Bertz CT molecular complexity index is 767. The molecule has 6 nitrogen and oxygen atoms in total. The maximum atomic E-state index is 11.1. The monoisotopic (exact) mass is 386 g/mol. The number of hydrogen-bond donors (Lipinski definition) is 3. The van der Waals surface area contributed by atoms with Crippen molar-refractivity contribution in [1.82, 2.24) is 15.6 Å². The number of esters is 1. The predicted octanol–water partition coefficient (Wildman–Crippen LogP) is 3.70. The molecule has 1 heterocycles. The second-order valence-corrected chi connectivity index (χ2v) is 7.04. The summed E-state index contributed by atoms with van der Waals surface area (Å²) in [6.45, 7) is 6.66. The first-order chi connectivity index (χ1) is 13.6. The molecule has 154 valence electrons. The van der Waals surface area contributed by atoms with Crippen LogP contribution in [0, 0.1) is 6.92 Å². The van der Waals surface area contributed by atoms with Gasteiger partial charge in [-0.15, -0.1) is 0 Å². The maximum absolute atomic E-state index is 11.1.